The van der Waals surface area contributed by atoms with Crippen LogP contribution in [-0.2, 0) is 6.54 Å². The molecule has 2 N–H and O–H groups in total. The number of nitrogens with zero attached hydrogens (tertiary/aromatic N) is 1. The summed E-state index contributed by atoms with van der Waals surface area (Å²) >= 11 is 0. The summed E-state index contributed by atoms with van der Waals surface area (Å²) in [6, 6.07) is 12.0. The van der Waals surface area contributed by atoms with Crippen molar-refractivity contribution in [3.05, 3.63) is 64.1 Å². The molecule has 2 aromatic carbocycles. The molecule has 0 saturated carbocycles. The van der Waals surface area contributed by atoms with E-state index in [9.17, 15) is 9.59 Å². The molecule has 0 aliphatic carbocycles. The summed E-state index contributed by atoms with van der Waals surface area (Å²) < 4.78 is 10.4. The zero-order chi connectivity index (χ0) is 17.8. The van der Waals surface area contributed by atoms with Crippen molar-refractivity contribution >= 4 is 16.7 Å². The third-order valence-electron chi connectivity index (χ3n) is 3.84. The van der Waals surface area contributed by atoms with Crippen LogP contribution < -0.4 is 20.3 Å². The highest BCUT2D eigenvalue weighted by molar-refractivity contribution is 5.95. The topological polar surface area (TPSA) is 93.3 Å². The lowest BCUT2D eigenvalue weighted by atomic mass is 10.1. The fourth-order valence-electron chi connectivity index (χ4n) is 2.55. The van der Waals surface area contributed by atoms with Gasteiger partial charge in [0.1, 0.15) is 0 Å². The zero-order valence-corrected chi connectivity index (χ0v) is 13.8. The minimum atomic E-state index is -0.280. The number of rotatable bonds is 5. The molecule has 0 fully saturated rings. The molecule has 0 bridgehead atoms. The molecule has 25 heavy (non-hydrogen) atoms. The number of ether oxygens (including phenoxy) is 2. The third kappa shape index (κ3) is 3.30. The van der Waals surface area contributed by atoms with Gasteiger partial charge in [0.2, 0.25) is 0 Å². The summed E-state index contributed by atoms with van der Waals surface area (Å²) in [4.78, 5) is 24.2. The van der Waals surface area contributed by atoms with Crippen molar-refractivity contribution in [3.8, 4) is 11.5 Å². The molecule has 1 amide bonds. The molecule has 0 aliphatic heterocycles. The normalized spacial score (nSPS) is 10.5. The number of hydrogen-bond acceptors (Lipinski definition) is 5. The van der Waals surface area contributed by atoms with Crippen molar-refractivity contribution in [2.45, 2.75) is 6.54 Å². The van der Waals surface area contributed by atoms with E-state index >= 15 is 0 Å². The first-order valence-corrected chi connectivity index (χ1v) is 7.60. The van der Waals surface area contributed by atoms with Crippen molar-refractivity contribution in [1.29, 1.82) is 0 Å². The van der Waals surface area contributed by atoms with Crippen LogP contribution in [0.25, 0.3) is 10.8 Å². The Morgan fingerprint density at radius 1 is 1.08 bits per heavy atom. The van der Waals surface area contributed by atoms with E-state index in [0.717, 1.165) is 0 Å². The molecule has 1 aromatic heterocycles. The number of carbonyl (C=O) groups is 1. The average Bonchev–Trinajstić information content (AvgIpc) is 2.67. The van der Waals surface area contributed by atoms with Crippen molar-refractivity contribution in [3.63, 3.8) is 0 Å². The van der Waals surface area contributed by atoms with Gasteiger partial charge in [0.15, 0.2) is 11.5 Å². The number of H-pyrrole nitrogens is 1. The van der Waals surface area contributed by atoms with E-state index in [1.807, 2.05) is 6.07 Å². The van der Waals surface area contributed by atoms with Gasteiger partial charge in [-0.2, -0.15) is 5.10 Å². The third-order valence-corrected chi connectivity index (χ3v) is 3.84. The summed E-state index contributed by atoms with van der Waals surface area (Å²) in [7, 11) is 3.04. The standard InChI is InChI=1S/C18H17N3O4/c1-24-15-8-7-11(9-16(15)25-2)17(22)19-10-14-12-5-3-4-6-13(12)18(23)21-20-14/h3-9H,10H2,1-2H3,(H,19,22)(H,21,23). The molecule has 1 heterocycles. The van der Waals surface area contributed by atoms with Crippen molar-refractivity contribution in [1.82, 2.24) is 15.5 Å². The summed E-state index contributed by atoms with van der Waals surface area (Å²) in [6.45, 7) is 0.185. The molecule has 128 valence electrons. The maximum atomic E-state index is 12.4. The first-order valence-electron chi connectivity index (χ1n) is 7.60. The highest BCUT2D eigenvalue weighted by Gasteiger charge is 2.12. The van der Waals surface area contributed by atoms with Crippen LogP contribution >= 0.6 is 0 Å². The number of fused-ring (bicyclic) bond motifs is 1. The molecule has 3 rings (SSSR count). The zero-order valence-electron chi connectivity index (χ0n) is 13.8. The van der Waals surface area contributed by atoms with Crippen molar-refractivity contribution in [2.24, 2.45) is 0 Å². The number of amides is 1. The molecular weight excluding hydrogens is 322 g/mol. The highest BCUT2D eigenvalue weighted by atomic mass is 16.5. The highest BCUT2D eigenvalue weighted by Crippen LogP contribution is 2.27. The quantitative estimate of drug-likeness (QED) is 0.740. The van der Waals surface area contributed by atoms with E-state index in [2.05, 4.69) is 15.5 Å². The van der Waals surface area contributed by atoms with Gasteiger partial charge in [0, 0.05) is 10.9 Å². The summed E-state index contributed by atoms with van der Waals surface area (Å²) in [5, 5.41) is 10.5. The largest absolute Gasteiger partial charge is 0.493 e. The number of carbonyl (C=O) groups excluding carboxylic acids is 1. The Hall–Kier alpha value is -3.35. The number of nitrogens with one attached hydrogen (secondary N) is 2. The van der Waals surface area contributed by atoms with Crippen LogP contribution in [-0.4, -0.2) is 30.3 Å². The molecule has 0 unspecified atom stereocenters. The van der Waals surface area contributed by atoms with Gasteiger partial charge >= 0.3 is 0 Å². The van der Waals surface area contributed by atoms with Gasteiger partial charge in [-0.1, -0.05) is 18.2 Å². The number of aromatic amines is 1. The second kappa shape index (κ2) is 7.04. The molecule has 0 radical (unpaired) electrons. The average molecular weight is 339 g/mol. The first kappa shape index (κ1) is 16.5. The van der Waals surface area contributed by atoms with E-state index in [4.69, 9.17) is 9.47 Å². The lowest BCUT2D eigenvalue weighted by molar-refractivity contribution is 0.0950. The van der Waals surface area contributed by atoms with Gasteiger partial charge in [-0.3, -0.25) is 9.59 Å². The monoisotopic (exact) mass is 339 g/mol. The molecule has 3 aromatic rings. The van der Waals surface area contributed by atoms with Gasteiger partial charge in [-0.25, -0.2) is 5.10 Å². The van der Waals surface area contributed by atoms with Crippen LogP contribution in [0.15, 0.2) is 47.3 Å². The maximum absolute atomic E-state index is 12.4. The first-order chi connectivity index (χ1) is 12.1. The van der Waals surface area contributed by atoms with E-state index in [1.54, 1.807) is 36.4 Å². The van der Waals surface area contributed by atoms with Crippen LogP contribution in [0, 0.1) is 0 Å². The molecule has 7 nitrogen and oxygen atoms in total. The van der Waals surface area contributed by atoms with Crippen LogP contribution in [0.2, 0.25) is 0 Å². The minimum absolute atomic E-state index is 0.185. The Kier molecular flexibility index (Phi) is 4.65. The molecule has 0 saturated heterocycles. The van der Waals surface area contributed by atoms with Crippen LogP contribution in [0.3, 0.4) is 0 Å². The summed E-state index contributed by atoms with van der Waals surface area (Å²) in [6.07, 6.45) is 0. The molecule has 0 aliphatic rings. The molecule has 0 spiro atoms. The predicted octanol–water partition coefficient (Wildman–Crippen LogP) is 1.87. The number of aromatic nitrogens is 2. The van der Waals surface area contributed by atoms with E-state index in [-0.39, 0.29) is 18.0 Å². The number of benzene rings is 2. The Morgan fingerprint density at radius 3 is 2.52 bits per heavy atom. The fraction of sp³-hybridized carbons (Fsp3) is 0.167. The smallest absolute Gasteiger partial charge is 0.272 e. The Balaban J connectivity index is 1.81. The minimum Gasteiger partial charge on any atom is -0.493 e. The molecule has 7 heteroatoms. The van der Waals surface area contributed by atoms with Gasteiger partial charge in [-0.05, 0) is 24.3 Å². The predicted molar refractivity (Wildman–Crippen MR) is 93.1 cm³/mol. The summed E-state index contributed by atoms with van der Waals surface area (Å²) in [5.74, 6) is 0.744. The van der Waals surface area contributed by atoms with Gasteiger partial charge in [0.05, 0.1) is 31.8 Å². The van der Waals surface area contributed by atoms with Crippen LogP contribution in [0.1, 0.15) is 16.1 Å². The van der Waals surface area contributed by atoms with E-state index < -0.39 is 0 Å². The Bertz CT molecular complexity index is 981. The van der Waals surface area contributed by atoms with Crippen LogP contribution in [0.5, 0.6) is 11.5 Å². The molecule has 0 atom stereocenters. The van der Waals surface area contributed by atoms with Crippen LogP contribution in [0.4, 0.5) is 0 Å². The fourth-order valence-corrected chi connectivity index (χ4v) is 2.55. The second-order valence-corrected chi connectivity index (χ2v) is 5.30. The van der Waals surface area contributed by atoms with E-state index in [1.165, 1.54) is 14.2 Å². The summed E-state index contributed by atoms with van der Waals surface area (Å²) in [5.41, 5.74) is 0.765. The Morgan fingerprint density at radius 2 is 1.80 bits per heavy atom. The second-order valence-electron chi connectivity index (χ2n) is 5.30. The number of methoxy groups -OCH3 is 2. The Labute approximate surface area is 143 Å². The van der Waals surface area contributed by atoms with E-state index in [0.29, 0.717) is 33.5 Å². The van der Waals surface area contributed by atoms with Gasteiger partial charge in [0.25, 0.3) is 11.5 Å². The van der Waals surface area contributed by atoms with Crippen molar-refractivity contribution < 1.29 is 14.3 Å². The SMILES string of the molecule is COc1ccc(C(=O)NCc2n[nH]c(=O)c3ccccc23)cc1OC. The number of hydrogen-bond donors (Lipinski definition) is 2. The lowest BCUT2D eigenvalue weighted by Gasteiger charge is -2.10. The maximum Gasteiger partial charge on any atom is 0.272 e. The van der Waals surface area contributed by atoms with Gasteiger partial charge in [-0.15, -0.1) is 0 Å². The van der Waals surface area contributed by atoms with Crippen molar-refractivity contribution in [2.75, 3.05) is 14.2 Å². The van der Waals surface area contributed by atoms with Gasteiger partial charge < -0.3 is 14.8 Å². The lowest BCUT2D eigenvalue weighted by Crippen LogP contribution is -2.24. The molecular formula is C18H17N3O4.